The Morgan fingerprint density at radius 1 is 1.35 bits per heavy atom. The number of benzene rings is 1. The maximum atomic E-state index is 13.5. The highest BCUT2D eigenvalue weighted by molar-refractivity contribution is 5.22. The topological polar surface area (TPSA) is 50.1 Å². The quantitative estimate of drug-likeness (QED) is 0.851. The van der Waals surface area contributed by atoms with E-state index in [0.29, 0.717) is 6.54 Å². The maximum absolute atomic E-state index is 13.5. The Kier molecular flexibility index (Phi) is 4.81. The third-order valence-electron chi connectivity index (χ3n) is 3.01. The van der Waals surface area contributed by atoms with E-state index < -0.39 is 17.7 Å². The molecular formula is C14H17F2N3O. The van der Waals surface area contributed by atoms with Crippen LogP contribution in [0.15, 0.2) is 30.6 Å². The summed E-state index contributed by atoms with van der Waals surface area (Å²) in [4.78, 5) is 0. The van der Waals surface area contributed by atoms with Crippen LogP contribution in [0.2, 0.25) is 0 Å². The molecule has 1 unspecified atom stereocenters. The summed E-state index contributed by atoms with van der Waals surface area (Å²) in [6, 6.07) is 3.54. The van der Waals surface area contributed by atoms with Crippen LogP contribution in [0.1, 0.15) is 24.2 Å². The highest BCUT2D eigenvalue weighted by Gasteiger charge is 2.17. The molecule has 0 amide bonds. The second-order valence-electron chi connectivity index (χ2n) is 4.49. The zero-order valence-corrected chi connectivity index (χ0v) is 11.2. The lowest BCUT2D eigenvalue weighted by molar-refractivity contribution is 0.164. The van der Waals surface area contributed by atoms with Crippen LogP contribution in [0.5, 0.6) is 0 Å². The van der Waals surface area contributed by atoms with Crippen LogP contribution < -0.4 is 5.32 Å². The molecule has 0 saturated heterocycles. The summed E-state index contributed by atoms with van der Waals surface area (Å²) in [6.45, 7) is 3.31. The van der Waals surface area contributed by atoms with Crippen LogP contribution in [0.25, 0.3) is 0 Å². The van der Waals surface area contributed by atoms with Crippen molar-refractivity contribution in [2.75, 3.05) is 6.54 Å². The Balaban J connectivity index is 1.90. The highest BCUT2D eigenvalue weighted by atomic mass is 19.1. The zero-order valence-electron chi connectivity index (χ0n) is 11.2. The van der Waals surface area contributed by atoms with Crippen LogP contribution >= 0.6 is 0 Å². The smallest absolute Gasteiger partial charge is 0.131 e. The molecule has 4 nitrogen and oxygen atoms in total. The molecule has 0 aliphatic carbocycles. The van der Waals surface area contributed by atoms with Crippen molar-refractivity contribution in [1.82, 2.24) is 15.1 Å². The summed E-state index contributed by atoms with van der Waals surface area (Å²) in [6.07, 6.45) is 2.37. The van der Waals surface area contributed by atoms with Gasteiger partial charge in [0.25, 0.3) is 0 Å². The largest absolute Gasteiger partial charge is 0.387 e. The minimum Gasteiger partial charge on any atom is -0.387 e. The first-order valence-electron chi connectivity index (χ1n) is 6.45. The summed E-state index contributed by atoms with van der Waals surface area (Å²) >= 11 is 0. The Bertz CT molecular complexity index is 551. The van der Waals surface area contributed by atoms with Gasteiger partial charge in [-0.15, -0.1) is 0 Å². The lowest BCUT2D eigenvalue weighted by Gasteiger charge is -2.13. The normalized spacial score (nSPS) is 12.6. The molecule has 1 aromatic carbocycles. The minimum absolute atomic E-state index is 0.0646. The first-order valence-corrected chi connectivity index (χ1v) is 6.45. The molecule has 0 aliphatic heterocycles. The van der Waals surface area contributed by atoms with Crippen LogP contribution in [0.3, 0.4) is 0 Å². The van der Waals surface area contributed by atoms with Crippen LogP contribution in [-0.2, 0) is 13.1 Å². The van der Waals surface area contributed by atoms with E-state index in [1.807, 2.05) is 13.1 Å². The maximum Gasteiger partial charge on any atom is 0.131 e. The van der Waals surface area contributed by atoms with Gasteiger partial charge in [-0.3, -0.25) is 4.68 Å². The molecule has 108 valence electrons. The average Bonchev–Trinajstić information content (AvgIpc) is 2.86. The second-order valence-corrected chi connectivity index (χ2v) is 4.49. The molecule has 2 rings (SSSR count). The number of nitrogens with zero attached hydrogens (tertiary/aromatic N) is 2. The number of aliphatic hydroxyl groups is 1. The fourth-order valence-electron chi connectivity index (χ4n) is 1.95. The molecule has 0 fully saturated rings. The summed E-state index contributed by atoms with van der Waals surface area (Å²) in [7, 11) is 0. The van der Waals surface area contributed by atoms with E-state index in [9.17, 15) is 13.9 Å². The number of hydrogen-bond acceptors (Lipinski definition) is 3. The summed E-state index contributed by atoms with van der Waals surface area (Å²) < 4.78 is 28.7. The van der Waals surface area contributed by atoms with Gasteiger partial charge in [0.05, 0.1) is 17.9 Å². The fraction of sp³-hybridized carbons (Fsp3) is 0.357. The van der Waals surface area contributed by atoms with E-state index >= 15 is 0 Å². The third-order valence-corrected chi connectivity index (χ3v) is 3.01. The number of halogens is 2. The van der Waals surface area contributed by atoms with Gasteiger partial charge in [0.1, 0.15) is 11.6 Å². The highest BCUT2D eigenvalue weighted by Crippen LogP contribution is 2.19. The molecule has 0 saturated carbocycles. The number of aromatic nitrogens is 2. The van der Waals surface area contributed by atoms with E-state index in [2.05, 4.69) is 10.4 Å². The number of aryl methyl sites for hydroxylation is 1. The van der Waals surface area contributed by atoms with Gasteiger partial charge in [-0.1, -0.05) is 6.07 Å². The predicted molar refractivity (Wildman–Crippen MR) is 70.9 cm³/mol. The van der Waals surface area contributed by atoms with Crippen LogP contribution in [0.4, 0.5) is 8.78 Å². The molecule has 0 aliphatic rings. The van der Waals surface area contributed by atoms with E-state index in [4.69, 9.17) is 0 Å². The van der Waals surface area contributed by atoms with Gasteiger partial charge in [-0.25, -0.2) is 8.78 Å². The lowest BCUT2D eigenvalue weighted by Crippen LogP contribution is -2.22. The van der Waals surface area contributed by atoms with Gasteiger partial charge in [0, 0.05) is 31.4 Å². The molecule has 1 heterocycles. The number of rotatable bonds is 6. The van der Waals surface area contributed by atoms with Crippen molar-refractivity contribution in [2.24, 2.45) is 0 Å². The molecule has 20 heavy (non-hydrogen) atoms. The SMILES string of the molecule is CCn1cc(CNCC(O)c2c(F)cccc2F)cn1. The number of hydrogen-bond donors (Lipinski definition) is 2. The van der Waals surface area contributed by atoms with E-state index in [-0.39, 0.29) is 12.1 Å². The molecule has 0 radical (unpaired) electrons. The van der Waals surface area contributed by atoms with Crippen LogP contribution in [-0.4, -0.2) is 21.4 Å². The number of nitrogens with one attached hydrogen (secondary N) is 1. The Hall–Kier alpha value is -1.79. The van der Waals surface area contributed by atoms with Crippen molar-refractivity contribution < 1.29 is 13.9 Å². The lowest BCUT2D eigenvalue weighted by atomic mass is 10.1. The fourth-order valence-corrected chi connectivity index (χ4v) is 1.95. The summed E-state index contributed by atoms with van der Waals surface area (Å²) in [5.74, 6) is -1.48. The van der Waals surface area contributed by atoms with Gasteiger partial charge in [0.15, 0.2) is 0 Å². The number of aliphatic hydroxyl groups excluding tert-OH is 1. The minimum atomic E-state index is -1.22. The molecule has 2 aromatic rings. The van der Waals surface area contributed by atoms with E-state index in [1.54, 1.807) is 10.9 Å². The molecular weight excluding hydrogens is 264 g/mol. The van der Waals surface area contributed by atoms with Gasteiger partial charge < -0.3 is 10.4 Å². The second kappa shape index (κ2) is 6.58. The molecule has 6 heteroatoms. The first kappa shape index (κ1) is 14.6. The standard InChI is InChI=1S/C14H17F2N3O/c1-2-19-9-10(7-18-19)6-17-8-13(20)14-11(15)4-3-5-12(14)16/h3-5,7,9,13,17,20H,2,6,8H2,1H3. The molecule has 1 atom stereocenters. The van der Waals surface area contributed by atoms with Crippen LogP contribution in [0, 0.1) is 11.6 Å². The van der Waals surface area contributed by atoms with Crippen molar-refractivity contribution in [3.05, 3.63) is 53.4 Å². The molecule has 0 bridgehead atoms. The van der Waals surface area contributed by atoms with Crippen molar-refractivity contribution in [1.29, 1.82) is 0 Å². The average molecular weight is 281 g/mol. The van der Waals surface area contributed by atoms with Gasteiger partial charge >= 0.3 is 0 Å². The Morgan fingerprint density at radius 2 is 2.05 bits per heavy atom. The Labute approximate surface area is 116 Å². The first-order chi connectivity index (χ1) is 9.61. The van der Waals surface area contributed by atoms with E-state index in [0.717, 1.165) is 24.2 Å². The Morgan fingerprint density at radius 3 is 2.65 bits per heavy atom. The summed E-state index contributed by atoms with van der Waals surface area (Å²) in [5, 5.41) is 16.9. The predicted octanol–water partition coefficient (Wildman–Crippen LogP) is 2.00. The van der Waals surface area contributed by atoms with Crippen molar-refractivity contribution >= 4 is 0 Å². The zero-order chi connectivity index (χ0) is 14.5. The van der Waals surface area contributed by atoms with Gasteiger partial charge in [-0.2, -0.15) is 5.10 Å². The van der Waals surface area contributed by atoms with Gasteiger partial charge in [0.2, 0.25) is 0 Å². The van der Waals surface area contributed by atoms with Gasteiger partial charge in [-0.05, 0) is 19.1 Å². The third kappa shape index (κ3) is 3.40. The molecule has 1 aromatic heterocycles. The monoisotopic (exact) mass is 281 g/mol. The summed E-state index contributed by atoms with van der Waals surface area (Å²) in [5.41, 5.74) is 0.650. The molecule has 0 spiro atoms. The molecule has 2 N–H and O–H groups in total. The van der Waals surface area contributed by atoms with Crippen molar-refractivity contribution in [3.63, 3.8) is 0 Å². The van der Waals surface area contributed by atoms with E-state index in [1.165, 1.54) is 6.07 Å². The van der Waals surface area contributed by atoms with Crippen molar-refractivity contribution in [3.8, 4) is 0 Å². The van der Waals surface area contributed by atoms with Crippen molar-refractivity contribution in [2.45, 2.75) is 26.1 Å².